The van der Waals surface area contributed by atoms with Crippen LogP contribution in [0, 0.1) is 0 Å². The van der Waals surface area contributed by atoms with Gasteiger partial charge < -0.3 is 5.73 Å². The van der Waals surface area contributed by atoms with Gasteiger partial charge in [0, 0.05) is 30.9 Å². The van der Waals surface area contributed by atoms with Crippen molar-refractivity contribution in [3.8, 4) is 0 Å². The molecule has 3 heteroatoms. The van der Waals surface area contributed by atoms with Crippen molar-refractivity contribution in [2.24, 2.45) is 12.8 Å². The molecule has 0 saturated carbocycles. The highest BCUT2D eigenvalue weighted by atomic mass is 15.3. The predicted molar refractivity (Wildman–Crippen MR) is 45.3 cm³/mol. The summed E-state index contributed by atoms with van der Waals surface area (Å²) in [5, 5.41) is 4.09. The number of nitrogens with zero attached hydrogens (tertiary/aromatic N) is 2. The Hall–Kier alpha value is -0.830. The van der Waals surface area contributed by atoms with E-state index in [1.807, 2.05) is 17.8 Å². The Labute approximate surface area is 67.2 Å². The second kappa shape index (κ2) is 2.66. The molecule has 0 amide bonds. The Bertz CT molecular complexity index is 237. The van der Waals surface area contributed by atoms with E-state index in [0.29, 0.717) is 6.54 Å². The molecule has 1 aromatic heterocycles. The highest BCUT2D eigenvalue weighted by Crippen LogP contribution is 2.19. The largest absolute Gasteiger partial charge is 0.330 e. The molecule has 1 heterocycles. The number of hydrogen-bond acceptors (Lipinski definition) is 2. The summed E-state index contributed by atoms with van der Waals surface area (Å²) in [6.45, 7) is 4.88. The summed E-state index contributed by atoms with van der Waals surface area (Å²) in [5.41, 5.74) is 6.84. The van der Waals surface area contributed by atoms with Gasteiger partial charge in [0.25, 0.3) is 0 Å². The first-order chi connectivity index (χ1) is 5.08. The minimum absolute atomic E-state index is 0.0330. The maximum atomic E-state index is 5.63. The second-order valence-electron chi connectivity index (χ2n) is 3.43. The summed E-state index contributed by atoms with van der Waals surface area (Å²) in [7, 11) is 1.94. The maximum Gasteiger partial charge on any atom is 0.0492 e. The lowest BCUT2D eigenvalue weighted by atomic mass is 9.90. The summed E-state index contributed by atoms with van der Waals surface area (Å²) in [4.78, 5) is 0. The monoisotopic (exact) mass is 153 g/mol. The number of nitrogens with two attached hydrogens (primary N) is 1. The second-order valence-corrected chi connectivity index (χ2v) is 3.43. The maximum absolute atomic E-state index is 5.63. The molecule has 0 saturated heterocycles. The van der Waals surface area contributed by atoms with Crippen LogP contribution >= 0.6 is 0 Å². The molecule has 2 N–H and O–H groups in total. The first kappa shape index (κ1) is 8.27. The number of aromatic nitrogens is 2. The fraction of sp³-hybridized carbons (Fsp3) is 0.625. The third-order valence-corrected chi connectivity index (χ3v) is 2.02. The predicted octanol–water partition coefficient (Wildman–Crippen LogP) is 0.656. The normalized spacial score (nSPS) is 12.0. The van der Waals surface area contributed by atoms with E-state index in [1.165, 1.54) is 5.69 Å². The van der Waals surface area contributed by atoms with E-state index in [1.54, 1.807) is 6.20 Å². The van der Waals surface area contributed by atoms with Crippen LogP contribution in [0.4, 0.5) is 0 Å². The molecule has 0 atom stereocenters. The lowest BCUT2D eigenvalue weighted by Gasteiger charge is -2.22. The van der Waals surface area contributed by atoms with Crippen LogP contribution in [-0.4, -0.2) is 16.3 Å². The highest BCUT2D eigenvalue weighted by Gasteiger charge is 2.21. The molecule has 11 heavy (non-hydrogen) atoms. The number of aryl methyl sites for hydroxylation is 1. The molecular weight excluding hydrogens is 138 g/mol. The zero-order valence-electron chi connectivity index (χ0n) is 7.33. The van der Waals surface area contributed by atoms with Crippen molar-refractivity contribution < 1.29 is 0 Å². The molecular formula is C8H15N3. The molecule has 1 rings (SSSR count). The lowest BCUT2D eigenvalue weighted by Crippen LogP contribution is -2.30. The molecule has 0 bridgehead atoms. The molecule has 0 aromatic carbocycles. The van der Waals surface area contributed by atoms with Gasteiger partial charge in [0.15, 0.2) is 0 Å². The van der Waals surface area contributed by atoms with Crippen LogP contribution in [0.15, 0.2) is 12.3 Å². The third kappa shape index (κ3) is 1.43. The average molecular weight is 153 g/mol. The zero-order valence-corrected chi connectivity index (χ0v) is 7.33. The van der Waals surface area contributed by atoms with Gasteiger partial charge in [-0.2, -0.15) is 5.10 Å². The number of rotatable bonds is 2. The van der Waals surface area contributed by atoms with Crippen molar-refractivity contribution in [3.63, 3.8) is 0 Å². The van der Waals surface area contributed by atoms with Crippen LogP contribution in [0.5, 0.6) is 0 Å². The Morgan fingerprint density at radius 2 is 2.27 bits per heavy atom. The van der Waals surface area contributed by atoms with Crippen molar-refractivity contribution in [2.75, 3.05) is 6.54 Å². The van der Waals surface area contributed by atoms with Gasteiger partial charge >= 0.3 is 0 Å². The first-order valence-corrected chi connectivity index (χ1v) is 3.76. The van der Waals surface area contributed by atoms with Crippen molar-refractivity contribution in [1.82, 2.24) is 9.78 Å². The van der Waals surface area contributed by atoms with Crippen molar-refractivity contribution in [1.29, 1.82) is 0 Å². The van der Waals surface area contributed by atoms with Crippen molar-refractivity contribution >= 4 is 0 Å². The minimum atomic E-state index is 0.0330. The average Bonchev–Trinajstić information content (AvgIpc) is 2.36. The standard InChI is InChI=1S/C8H15N3/c1-8(2,6-9)7-4-5-10-11(7)3/h4-5H,6,9H2,1-3H3. The van der Waals surface area contributed by atoms with E-state index in [-0.39, 0.29) is 5.41 Å². The molecule has 0 aliphatic carbocycles. The van der Waals surface area contributed by atoms with Gasteiger partial charge in [0.05, 0.1) is 0 Å². The Balaban J connectivity index is 3.00. The van der Waals surface area contributed by atoms with Gasteiger partial charge in [0.2, 0.25) is 0 Å². The Kier molecular flexibility index (Phi) is 2.00. The van der Waals surface area contributed by atoms with Gasteiger partial charge in [-0.15, -0.1) is 0 Å². The molecule has 0 fully saturated rings. The minimum Gasteiger partial charge on any atom is -0.330 e. The molecule has 0 radical (unpaired) electrons. The van der Waals surface area contributed by atoms with Crippen LogP contribution in [0.25, 0.3) is 0 Å². The third-order valence-electron chi connectivity index (χ3n) is 2.02. The smallest absolute Gasteiger partial charge is 0.0492 e. The Morgan fingerprint density at radius 3 is 2.64 bits per heavy atom. The topological polar surface area (TPSA) is 43.8 Å². The van der Waals surface area contributed by atoms with E-state index in [9.17, 15) is 0 Å². The van der Waals surface area contributed by atoms with E-state index in [2.05, 4.69) is 18.9 Å². The molecule has 1 aromatic rings. The molecule has 0 spiro atoms. The van der Waals surface area contributed by atoms with Crippen LogP contribution in [0.1, 0.15) is 19.5 Å². The van der Waals surface area contributed by atoms with Gasteiger partial charge in [-0.3, -0.25) is 4.68 Å². The summed E-state index contributed by atoms with van der Waals surface area (Å²) in [6.07, 6.45) is 1.80. The number of hydrogen-bond donors (Lipinski definition) is 1. The van der Waals surface area contributed by atoms with Crippen molar-refractivity contribution in [2.45, 2.75) is 19.3 Å². The lowest BCUT2D eigenvalue weighted by molar-refractivity contribution is 0.487. The van der Waals surface area contributed by atoms with E-state index >= 15 is 0 Å². The van der Waals surface area contributed by atoms with Crippen LogP contribution in [0.3, 0.4) is 0 Å². The summed E-state index contributed by atoms with van der Waals surface area (Å²) >= 11 is 0. The fourth-order valence-corrected chi connectivity index (χ4v) is 1.14. The van der Waals surface area contributed by atoms with Gasteiger partial charge in [-0.1, -0.05) is 13.8 Å². The van der Waals surface area contributed by atoms with Crippen LogP contribution < -0.4 is 5.73 Å². The summed E-state index contributed by atoms with van der Waals surface area (Å²) in [6, 6.07) is 2.01. The molecule has 0 aliphatic heterocycles. The van der Waals surface area contributed by atoms with Crippen LogP contribution in [0.2, 0.25) is 0 Å². The van der Waals surface area contributed by atoms with Gasteiger partial charge in [-0.25, -0.2) is 0 Å². The van der Waals surface area contributed by atoms with Crippen LogP contribution in [-0.2, 0) is 12.5 Å². The molecule has 0 unspecified atom stereocenters. The Morgan fingerprint density at radius 1 is 1.64 bits per heavy atom. The summed E-state index contributed by atoms with van der Waals surface area (Å²) in [5.74, 6) is 0. The summed E-state index contributed by atoms with van der Waals surface area (Å²) < 4.78 is 1.87. The molecule has 3 nitrogen and oxygen atoms in total. The van der Waals surface area contributed by atoms with E-state index in [4.69, 9.17) is 5.73 Å². The van der Waals surface area contributed by atoms with Gasteiger partial charge in [-0.05, 0) is 6.07 Å². The van der Waals surface area contributed by atoms with Crippen molar-refractivity contribution in [3.05, 3.63) is 18.0 Å². The molecule has 0 aliphatic rings. The highest BCUT2D eigenvalue weighted by molar-refractivity contribution is 5.13. The SMILES string of the molecule is Cn1nccc1C(C)(C)CN. The first-order valence-electron chi connectivity index (χ1n) is 3.76. The zero-order chi connectivity index (χ0) is 8.48. The fourth-order valence-electron chi connectivity index (χ4n) is 1.14. The van der Waals surface area contributed by atoms with E-state index < -0.39 is 0 Å². The molecule has 62 valence electrons. The van der Waals surface area contributed by atoms with Gasteiger partial charge in [0.1, 0.15) is 0 Å². The van der Waals surface area contributed by atoms with E-state index in [0.717, 1.165) is 0 Å². The quantitative estimate of drug-likeness (QED) is 0.678.